The van der Waals surface area contributed by atoms with Gasteiger partial charge in [0.2, 0.25) is 0 Å². The summed E-state index contributed by atoms with van der Waals surface area (Å²) < 4.78 is 1.78. The number of rotatable bonds is 5. The molecule has 0 spiro atoms. The number of fused-ring (bicyclic) bond motifs is 1. The number of aromatic nitrogens is 3. The maximum absolute atomic E-state index is 11.6. The van der Waals surface area contributed by atoms with Crippen molar-refractivity contribution in [3.05, 3.63) is 54.0 Å². The highest BCUT2D eigenvalue weighted by Gasteiger charge is 2.14. The highest BCUT2D eigenvalue weighted by Crippen LogP contribution is 2.23. The first-order chi connectivity index (χ1) is 10.7. The summed E-state index contributed by atoms with van der Waals surface area (Å²) in [6, 6.07) is 9.73. The summed E-state index contributed by atoms with van der Waals surface area (Å²) in [6.07, 6.45) is 3.56. The Morgan fingerprint density at radius 3 is 2.91 bits per heavy atom. The minimum absolute atomic E-state index is 0.307. The van der Waals surface area contributed by atoms with Gasteiger partial charge in [-0.3, -0.25) is 14.5 Å². The molecule has 0 saturated heterocycles. The molecule has 0 fully saturated rings. The quantitative estimate of drug-likeness (QED) is 0.755. The zero-order chi connectivity index (χ0) is 15.5. The summed E-state index contributed by atoms with van der Waals surface area (Å²) in [5.74, 6) is -0.512. The van der Waals surface area contributed by atoms with Gasteiger partial charge in [0.05, 0.1) is 5.52 Å². The number of nitrogens with zero attached hydrogens (tertiary/aromatic N) is 3. The highest BCUT2D eigenvalue weighted by molar-refractivity contribution is 6.04. The Labute approximate surface area is 128 Å². The lowest BCUT2D eigenvalue weighted by molar-refractivity contribution is 0.0996. The minimum Gasteiger partial charge on any atom is -0.381 e. The zero-order valence-electron chi connectivity index (χ0n) is 12.3. The molecule has 1 aromatic carbocycles. The van der Waals surface area contributed by atoms with Crippen molar-refractivity contribution in [2.45, 2.75) is 20.0 Å². The van der Waals surface area contributed by atoms with E-state index in [1.807, 2.05) is 43.5 Å². The summed E-state index contributed by atoms with van der Waals surface area (Å²) in [5, 5.41) is 8.36. The number of nitrogens with two attached hydrogens (primary N) is 1. The van der Waals surface area contributed by atoms with Crippen LogP contribution in [-0.4, -0.2) is 20.7 Å². The Morgan fingerprint density at radius 1 is 1.36 bits per heavy atom. The van der Waals surface area contributed by atoms with Gasteiger partial charge in [-0.05, 0) is 36.8 Å². The maximum Gasteiger partial charge on any atom is 0.269 e. The molecule has 2 heterocycles. The lowest BCUT2D eigenvalue weighted by Gasteiger charge is -2.07. The van der Waals surface area contributed by atoms with Gasteiger partial charge < -0.3 is 11.1 Å². The van der Waals surface area contributed by atoms with Gasteiger partial charge in [-0.2, -0.15) is 5.10 Å². The fraction of sp³-hybridized carbons (Fsp3) is 0.188. The standard InChI is InChI=1S/C16H17N5O/c1-2-21-14-6-5-12(8-13(14)15(20-21)16(17)22)19-10-11-4-3-7-18-9-11/h3-9,19H,2,10H2,1H3,(H2,17,22). The first kappa shape index (κ1) is 14.1. The Bertz CT molecular complexity index is 810. The first-order valence-electron chi connectivity index (χ1n) is 7.12. The summed E-state index contributed by atoms with van der Waals surface area (Å²) in [6.45, 7) is 3.32. The average molecular weight is 295 g/mol. The number of carbonyl (C=O) groups is 1. The number of hydrogen-bond acceptors (Lipinski definition) is 4. The van der Waals surface area contributed by atoms with Gasteiger partial charge in [0.15, 0.2) is 5.69 Å². The van der Waals surface area contributed by atoms with Crippen LogP contribution in [0.4, 0.5) is 5.69 Å². The van der Waals surface area contributed by atoms with Crippen LogP contribution >= 0.6 is 0 Å². The van der Waals surface area contributed by atoms with Gasteiger partial charge >= 0.3 is 0 Å². The molecular formula is C16H17N5O. The van der Waals surface area contributed by atoms with Crippen molar-refractivity contribution < 1.29 is 4.79 Å². The molecule has 3 rings (SSSR count). The van der Waals surface area contributed by atoms with Gasteiger partial charge in [0.25, 0.3) is 5.91 Å². The van der Waals surface area contributed by atoms with Crippen LogP contribution in [0, 0.1) is 0 Å². The molecule has 3 N–H and O–H groups in total. The van der Waals surface area contributed by atoms with Crippen molar-refractivity contribution in [3.63, 3.8) is 0 Å². The largest absolute Gasteiger partial charge is 0.381 e. The third-order valence-corrected chi connectivity index (χ3v) is 3.50. The van der Waals surface area contributed by atoms with Crippen LogP contribution < -0.4 is 11.1 Å². The molecule has 0 atom stereocenters. The number of primary amides is 1. The Hall–Kier alpha value is -2.89. The zero-order valence-corrected chi connectivity index (χ0v) is 12.3. The van der Waals surface area contributed by atoms with Crippen molar-refractivity contribution in [1.82, 2.24) is 14.8 Å². The fourth-order valence-corrected chi connectivity index (χ4v) is 2.42. The maximum atomic E-state index is 11.6. The van der Waals surface area contributed by atoms with Crippen LogP contribution in [0.25, 0.3) is 10.9 Å². The van der Waals surface area contributed by atoms with Crippen LogP contribution in [0.2, 0.25) is 0 Å². The molecule has 0 aliphatic carbocycles. The molecule has 0 radical (unpaired) electrons. The van der Waals surface area contributed by atoms with Crippen molar-refractivity contribution in [1.29, 1.82) is 0 Å². The second kappa shape index (κ2) is 5.85. The van der Waals surface area contributed by atoms with Crippen LogP contribution in [0.15, 0.2) is 42.7 Å². The molecular weight excluding hydrogens is 278 g/mol. The van der Waals surface area contributed by atoms with E-state index in [1.54, 1.807) is 10.9 Å². The molecule has 2 aromatic heterocycles. The normalized spacial score (nSPS) is 10.8. The number of hydrogen-bond donors (Lipinski definition) is 2. The van der Waals surface area contributed by atoms with Crippen LogP contribution in [0.5, 0.6) is 0 Å². The van der Waals surface area contributed by atoms with E-state index in [0.29, 0.717) is 18.8 Å². The van der Waals surface area contributed by atoms with E-state index < -0.39 is 5.91 Å². The summed E-state index contributed by atoms with van der Waals surface area (Å²) in [4.78, 5) is 15.6. The molecule has 6 nitrogen and oxygen atoms in total. The van der Waals surface area contributed by atoms with Crippen molar-refractivity contribution in [2.75, 3.05) is 5.32 Å². The fourth-order valence-electron chi connectivity index (χ4n) is 2.42. The lowest BCUT2D eigenvalue weighted by atomic mass is 10.1. The molecule has 0 bridgehead atoms. The Kier molecular flexibility index (Phi) is 3.74. The van der Waals surface area contributed by atoms with E-state index in [2.05, 4.69) is 15.4 Å². The number of carbonyl (C=O) groups excluding carboxylic acids is 1. The van der Waals surface area contributed by atoms with E-state index >= 15 is 0 Å². The van der Waals surface area contributed by atoms with E-state index in [4.69, 9.17) is 5.73 Å². The number of amides is 1. The van der Waals surface area contributed by atoms with Gasteiger partial charge in [0.1, 0.15) is 0 Å². The van der Waals surface area contributed by atoms with Crippen molar-refractivity contribution >= 4 is 22.5 Å². The lowest BCUT2D eigenvalue weighted by Crippen LogP contribution is -2.12. The predicted molar refractivity (Wildman–Crippen MR) is 85.5 cm³/mol. The van der Waals surface area contributed by atoms with Gasteiger partial charge in [-0.1, -0.05) is 6.07 Å². The van der Waals surface area contributed by atoms with Gasteiger partial charge in [-0.25, -0.2) is 0 Å². The summed E-state index contributed by atoms with van der Waals surface area (Å²) in [7, 11) is 0. The summed E-state index contributed by atoms with van der Waals surface area (Å²) in [5.41, 5.74) is 8.63. The average Bonchev–Trinajstić information content (AvgIpc) is 2.92. The number of aryl methyl sites for hydroxylation is 1. The van der Waals surface area contributed by atoms with E-state index in [1.165, 1.54) is 0 Å². The molecule has 0 unspecified atom stereocenters. The summed E-state index contributed by atoms with van der Waals surface area (Å²) >= 11 is 0. The molecule has 0 saturated carbocycles. The number of pyridine rings is 1. The van der Waals surface area contributed by atoms with Crippen LogP contribution in [0.3, 0.4) is 0 Å². The van der Waals surface area contributed by atoms with Crippen molar-refractivity contribution in [2.24, 2.45) is 5.73 Å². The van der Waals surface area contributed by atoms with Crippen molar-refractivity contribution in [3.8, 4) is 0 Å². The third-order valence-electron chi connectivity index (χ3n) is 3.50. The topological polar surface area (TPSA) is 85.8 Å². The molecule has 3 aromatic rings. The molecule has 112 valence electrons. The smallest absolute Gasteiger partial charge is 0.269 e. The second-order valence-corrected chi connectivity index (χ2v) is 4.98. The van der Waals surface area contributed by atoms with Gasteiger partial charge in [0, 0.05) is 36.6 Å². The minimum atomic E-state index is -0.512. The molecule has 0 aliphatic heterocycles. The van der Waals surface area contributed by atoms with Crippen LogP contribution in [-0.2, 0) is 13.1 Å². The predicted octanol–water partition coefficient (Wildman–Crippen LogP) is 2.16. The number of benzene rings is 1. The first-order valence-corrected chi connectivity index (χ1v) is 7.12. The SMILES string of the molecule is CCn1nc(C(N)=O)c2cc(NCc3cccnc3)ccc21. The molecule has 1 amide bonds. The van der Waals surface area contributed by atoms with Crippen LogP contribution in [0.1, 0.15) is 23.0 Å². The number of nitrogens with one attached hydrogen (secondary N) is 1. The Morgan fingerprint density at radius 2 is 2.23 bits per heavy atom. The molecule has 22 heavy (non-hydrogen) atoms. The van der Waals surface area contributed by atoms with E-state index in [0.717, 1.165) is 22.2 Å². The third kappa shape index (κ3) is 2.63. The van der Waals surface area contributed by atoms with E-state index in [-0.39, 0.29) is 0 Å². The number of anilines is 1. The van der Waals surface area contributed by atoms with Gasteiger partial charge in [-0.15, -0.1) is 0 Å². The highest BCUT2D eigenvalue weighted by atomic mass is 16.1. The molecule has 6 heteroatoms. The Balaban J connectivity index is 1.92. The monoisotopic (exact) mass is 295 g/mol. The second-order valence-electron chi connectivity index (χ2n) is 4.98. The molecule has 0 aliphatic rings. The van der Waals surface area contributed by atoms with E-state index in [9.17, 15) is 4.79 Å².